The first-order valence-electron chi connectivity index (χ1n) is 7.05. The van der Waals surface area contributed by atoms with Gasteiger partial charge in [0.2, 0.25) is 0 Å². The van der Waals surface area contributed by atoms with Crippen LogP contribution in [0.15, 0.2) is 4.99 Å². The van der Waals surface area contributed by atoms with Crippen LogP contribution in [0.2, 0.25) is 6.04 Å². The summed E-state index contributed by atoms with van der Waals surface area (Å²) in [6.45, 7) is 12.9. The van der Waals surface area contributed by atoms with Crippen LogP contribution in [0.25, 0.3) is 0 Å². The predicted molar refractivity (Wildman–Crippen MR) is 78.3 cm³/mol. The molecule has 0 aromatic rings. The van der Waals surface area contributed by atoms with E-state index in [1.54, 1.807) is 0 Å². The van der Waals surface area contributed by atoms with Gasteiger partial charge < -0.3 is 13.3 Å². The Balaban J connectivity index is 4.29. The Morgan fingerprint density at radius 1 is 0.944 bits per heavy atom. The van der Waals surface area contributed by atoms with E-state index in [0.29, 0.717) is 19.8 Å². The van der Waals surface area contributed by atoms with E-state index in [9.17, 15) is 0 Å². The Morgan fingerprint density at radius 2 is 1.44 bits per heavy atom. The van der Waals surface area contributed by atoms with Gasteiger partial charge in [-0.15, -0.1) is 0 Å². The first-order chi connectivity index (χ1) is 8.64. The number of nitrogens with zero attached hydrogens (tertiary/aromatic N) is 1. The lowest BCUT2D eigenvalue weighted by atomic mass is 10.3. The first-order valence-corrected chi connectivity index (χ1v) is 8.99. The molecular weight excluding hydrogens is 246 g/mol. The average molecular weight is 275 g/mol. The molecular formula is C13H29NO3Si. The largest absolute Gasteiger partial charge is 0.500 e. The Hall–Kier alpha value is -0.233. The molecule has 0 unspecified atom stereocenters. The fraction of sp³-hybridized carbons (Fsp3) is 0.923. The van der Waals surface area contributed by atoms with Gasteiger partial charge in [-0.3, -0.25) is 4.99 Å². The molecule has 0 radical (unpaired) electrons. The van der Waals surface area contributed by atoms with Gasteiger partial charge in [-0.1, -0.05) is 6.92 Å². The minimum absolute atomic E-state index is 0.642. The zero-order valence-electron chi connectivity index (χ0n) is 12.6. The van der Waals surface area contributed by atoms with Gasteiger partial charge >= 0.3 is 8.80 Å². The summed E-state index contributed by atoms with van der Waals surface area (Å²) in [7, 11) is -2.45. The summed E-state index contributed by atoms with van der Waals surface area (Å²) in [5.74, 6) is 0. The highest BCUT2D eigenvalue weighted by Gasteiger charge is 2.39. The topological polar surface area (TPSA) is 40.0 Å². The van der Waals surface area contributed by atoms with E-state index in [0.717, 1.165) is 25.4 Å². The van der Waals surface area contributed by atoms with Gasteiger partial charge in [0.1, 0.15) is 0 Å². The second-order valence-corrected chi connectivity index (χ2v) is 6.79. The van der Waals surface area contributed by atoms with Crippen molar-refractivity contribution in [3.63, 3.8) is 0 Å². The molecule has 0 aliphatic rings. The minimum Gasteiger partial charge on any atom is -0.374 e. The van der Waals surface area contributed by atoms with E-state index in [2.05, 4.69) is 18.8 Å². The van der Waals surface area contributed by atoms with E-state index in [1.807, 2.05) is 20.8 Å². The highest BCUT2D eigenvalue weighted by atomic mass is 28.4. The average Bonchev–Trinajstić information content (AvgIpc) is 2.35. The van der Waals surface area contributed by atoms with Crippen molar-refractivity contribution in [2.45, 2.75) is 53.5 Å². The minimum atomic E-state index is -2.45. The number of hydrogen-bond donors (Lipinski definition) is 0. The fourth-order valence-corrected chi connectivity index (χ4v) is 4.27. The molecule has 0 rings (SSSR count). The Morgan fingerprint density at radius 3 is 1.83 bits per heavy atom. The third kappa shape index (κ3) is 7.26. The molecule has 0 fully saturated rings. The van der Waals surface area contributed by atoms with Crippen molar-refractivity contribution >= 4 is 14.5 Å². The van der Waals surface area contributed by atoms with Crippen molar-refractivity contribution in [3.05, 3.63) is 0 Å². The highest BCUT2D eigenvalue weighted by Crippen LogP contribution is 2.18. The standard InChI is InChI=1S/C13H29NO3Si/c1-6-13(5)14-11-10-12-18(15-7-2,16-8-3)17-9-4/h6-12H2,1-5H3/b14-13-. The van der Waals surface area contributed by atoms with Crippen molar-refractivity contribution < 1.29 is 13.3 Å². The maximum atomic E-state index is 5.79. The molecule has 0 aromatic heterocycles. The van der Waals surface area contributed by atoms with Crippen LogP contribution in [0.5, 0.6) is 0 Å². The molecule has 0 saturated heterocycles. The van der Waals surface area contributed by atoms with Crippen molar-refractivity contribution in [1.82, 2.24) is 0 Å². The number of rotatable bonds is 11. The summed E-state index contributed by atoms with van der Waals surface area (Å²) in [6.07, 6.45) is 1.98. The SMILES string of the molecule is CCO[Si](CCC/N=C(/C)CC)(OCC)OCC. The third-order valence-electron chi connectivity index (χ3n) is 2.63. The molecule has 0 spiro atoms. The predicted octanol–water partition coefficient (Wildman–Crippen LogP) is 3.30. The van der Waals surface area contributed by atoms with Crippen molar-refractivity contribution in [3.8, 4) is 0 Å². The van der Waals surface area contributed by atoms with Gasteiger partial charge in [0.25, 0.3) is 0 Å². The first kappa shape index (κ1) is 17.8. The maximum Gasteiger partial charge on any atom is 0.500 e. The van der Waals surface area contributed by atoms with Crippen LogP contribution in [0.4, 0.5) is 0 Å². The van der Waals surface area contributed by atoms with Gasteiger partial charge in [0, 0.05) is 38.1 Å². The lowest BCUT2D eigenvalue weighted by Gasteiger charge is -2.28. The Kier molecular flexibility index (Phi) is 10.5. The smallest absolute Gasteiger partial charge is 0.374 e. The molecule has 0 aliphatic carbocycles. The molecule has 0 aromatic carbocycles. The summed E-state index contributed by atoms with van der Waals surface area (Å²) in [5, 5.41) is 0. The van der Waals surface area contributed by atoms with Crippen LogP contribution in [0.1, 0.15) is 47.5 Å². The van der Waals surface area contributed by atoms with Crippen LogP contribution >= 0.6 is 0 Å². The summed E-state index contributed by atoms with van der Waals surface area (Å²) >= 11 is 0. The molecule has 5 heteroatoms. The molecule has 0 N–H and O–H groups in total. The van der Waals surface area contributed by atoms with Crippen LogP contribution in [0.3, 0.4) is 0 Å². The molecule has 0 heterocycles. The fourth-order valence-electron chi connectivity index (χ4n) is 1.68. The van der Waals surface area contributed by atoms with Gasteiger partial charge in [0.15, 0.2) is 0 Å². The zero-order valence-corrected chi connectivity index (χ0v) is 13.6. The van der Waals surface area contributed by atoms with E-state index in [-0.39, 0.29) is 0 Å². The number of hydrogen-bond acceptors (Lipinski definition) is 4. The molecule has 0 saturated carbocycles. The van der Waals surface area contributed by atoms with E-state index >= 15 is 0 Å². The molecule has 0 amide bonds. The van der Waals surface area contributed by atoms with Gasteiger partial charge in [-0.2, -0.15) is 0 Å². The highest BCUT2D eigenvalue weighted by molar-refractivity contribution is 6.60. The van der Waals surface area contributed by atoms with Crippen LogP contribution < -0.4 is 0 Å². The van der Waals surface area contributed by atoms with Gasteiger partial charge in [0.05, 0.1) is 0 Å². The molecule has 18 heavy (non-hydrogen) atoms. The van der Waals surface area contributed by atoms with Gasteiger partial charge in [-0.05, 0) is 40.5 Å². The summed E-state index contributed by atoms with van der Waals surface area (Å²) < 4.78 is 17.4. The second kappa shape index (κ2) is 10.7. The van der Waals surface area contributed by atoms with Crippen molar-refractivity contribution in [2.75, 3.05) is 26.4 Å². The molecule has 0 atom stereocenters. The van der Waals surface area contributed by atoms with E-state index < -0.39 is 8.80 Å². The van der Waals surface area contributed by atoms with Crippen LogP contribution in [0, 0.1) is 0 Å². The van der Waals surface area contributed by atoms with Crippen molar-refractivity contribution in [1.29, 1.82) is 0 Å². The monoisotopic (exact) mass is 275 g/mol. The van der Waals surface area contributed by atoms with E-state index in [4.69, 9.17) is 13.3 Å². The van der Waals surface area contributed by atoms with Crippen LogP contribution in [-0.4, -0.2) is 40.9 Å². The van der Waals surface area contributed by atoms with E-state index in [1.165, 1.54) is 5.71 Å². The summed E-state index contributed by atoms with van der Waals surface area (Å²) in [4.78, 5) is 4.50. The second-order valence-electron chi connectivity index (χ2n) is 4.06. The van der Waals surface area contributed by atoms with Crippen LogP contribution in [-0.2, 0) is 13.3 Å². The maximum absolute atomic E-state index is 5.79. The number of aliphatic imine (C=N–C) groups is 1. The molecule has 108 valence electrons. The molecule has 4 nitrogen and oxygen atoms in total. The Labute approximate surface area is 113 Å². The lowest BCUT2D eigenvalue weighted by molar-refractivity contribution is 0.0710. The molecule has 0 aliphatic heterocycles. The normalized spacial score (nSPS) is 13.1. The Bertz CT molecular complexity index is 217. The van der Waals surface area contributed by atoms with Gasteiger partial charge in [-0.25, -0.2) is 0 Å². The zero-order chi connectivity index (χ0) is 13.9. The molecule has 0 bridgehead atoms. The third-order valence-corrected chi connectivity index (χ3v) is 5.78. The van der Waals surface area contributed by atoms with Crippen molar-refractivity contribution in [2.24, 2.45) is 4.99 Å². The quantitative estimate of drug-likeness (QED) is 0.330. The summed E-state index contributed by atoms with van der Waals surface area (Å²) in [6, 6.07) is 0.850. The summed E-state index contributed by atoms with van der Waals surface area (Å²) in [5.41, 5.74) is 1.20. The lowest BCUT2D eigenvalue weighted by Crippen LogP contribution is -2.46.